The summed E-state index contributed by atoms with van der Waals surface area (Å²) in [7, 11) is 0. The minimum absolute atomic E-state index is 0.461. The number of aliphatic hydroxyl groups excluding tert-OH is 1. The van der Waals surface area contributed by atoms with Crippen LogP contribution >= 0.6 is 0 Å². The second-order valence-electron chi connectivity index (χ2n) is 8.29. The van der Waals surface area contributed by atoms with Gasteiger partial charge in [0.25, 0.3) is 0 Å². The van der Waals surface area contributed by atoms with Crippen LogP contribution in [0.5, 0.6) is 0 Å². The van der Waals surface area contributed by atoms with Crippen LogP contribution in [0.2, 0.25) is 0 Å². The number of aryl methyl sites for hydroxylation is 1. The van der Waals surface area contributed by atoms with Crippen LogP contribution in [0.3, 0.4) is 0 Å². The van der Waals surface area contributed by atoms with E-state index in [1.807, 2.05) is 61.5 Å². The lowest BCUT2D eigenvalue weighted by atomic mass is 9.93. The van der Waals surface area contributed by atoms with E-state index in [9.17, 15) is 9.90 Å². The van der Waals surface area contributed by atoms with Gasteiger partial charge in [-0.25, -0.2) is 4.79 Å². The molecular formula is C23H32N2O3. The van der Waals surface area contributed by atoms with Gasteiger partial charge in [-0.3, -0.25) is 0 Å². The van der Waals surface area contributed by atoms with Crippen molar-refractivity contribution in [1.82, 2.24) is 5.32 Å². The normalized spacial score (nSPS) is 14.8. The second-order valence-corrected chi connectivity index (χ2v) is 8.29. The molecule has 0 aliphatic rings. The Morgan fingerprint density at radius 1 is 1.04 bits per heavy atom. The van der Waals surface area contributed by atoms with E-state index in [2.05, 4.69) is 5.32 Å². The number of aliphatic hydroxyl groups is 1. The van der Waals surface area contributed by atoms with Gasteiger partial charge in [-0.2, -0.15) is 0 Å². The first-order chi connectivity index (χ1) is 13.1. The molecule has 2 aromatic carbocycles. The van der Waals surface area contributed by atoms with Crippen LogP contribution in [-0.2, 0) is 17.6 Å². The molecule has 0 radical (unpaired) electrons. The van der Waals surface area contributed by atoms with Crippen LogP contribution in [0, 0.1) is 6.92 Å². The van der Waals surface area contributed by atoms with Crippen molar-refractivity contribution >= 4 is 6.09 Å². The van der Waals surface area contributed by atoms with Gasteiger partial charge >= 0.3 is 6.09 Å². The average Bonchev–Trinajstić information content (AvgIpc) is 2.61. The van der Waals surface area contributed by atoms with Crippen molar-refractivity contribution in [3.8, 4) is 0 Å². The fraction of sp³-hybridized carbons (Fsp3) is 0.435. The fourth-order valence-corrected chi connectivity index (χ4v) is 3.00. The molecule has 1 amide bonds. The van der Waals surface area contributed by atoms with E-state index in [0.717, 1.165) is 11.1 Å². The summed E-state index contributed by atoms with van der Waals surface area (Å²) in [6.07, 6.45) is -0.505. The number of hydrogen-bond donors (Lipinski definition) is 3. The summed E-state index contributed by atoms with van der Waals surface area (Å²) in [4.78, 5) is 12.3. The maximum absolute atomic E-state index is 12.3. The van der Waals surface area contributed by atoms with Gasteiger partial charge in [0.2, 0.25) is 0 Å². The van der Waals surface area contributed by atoms with Crippen LogP contribution in [0.1, 0.15) is 37.5 Å². The van der Waals surface area contributed by atoms with Crippen molar-refractivity contribution in [2.45, 2.75) is 64.3 Å². The van der Waals surface area contributed by atoms with Gasteiger partial charge in [-0.05, 0) is 51.7 Å². The number of benzene rings is 2. The zero-order valence-electron chi connectivity index (χ0n) is 17.2. The molecule has 0 spiro atoms. The highest BCUT2D eigenvalue weighted by atomic mass is 16.6. The van der Waals surface area contributed by atoms with Gasteiger partial charge in [0, 0.05) is 6.04 Å². The molecule has 0 bridgehead atoms. The Bertz CT molecular complexity index is 739. The van der Waals surface area contributed by atoms with E-state index < -0.39 is 29.9 Å². The number of carbonyl (C=O) groups is 1. The van der Waals surface area contributed by atoms with Crippen molar-refractivity contribution in [3.63, 3.8) is 0 Å². The van der Waals surface area contributed by atoms with Crippen molar-refractivity contribution in [1.29, 1.82) is 0 Å². The van der Waals surface area contributed by atoms with Crippen molar-refractivity contribution in [2.75, 3.05) is 0 Å². The summed E-state index contributed by atoms with van der Waals surface area (Å²) in [5.74, 6) is 0. The molecule has 4 N–H and O–H groups in total. The summed E-state index contributed by atoms with van der Waals surface area (Å²) in [5, 5.41) is 13.7. The van der Waals surface area contributed by atoms with E-state index >= 15 is 0 Å². The molecule has 2 aromatic rings. The number of amides is 1. The van der Waals surface area contributed by atoms with Gasteiger partial charge in [-0.15, -0.1) is 0 Å². The molecule has 0 aromatic heterocycles. The third-order valence-electron chi connectivity index (χ3n) is 4.44. The SMILES string of the molecule is Cc1ccc(CC(N)C(O)C(Cc2ccccc2)NC(=O)OC(C)(C)C)cc1. The number of hydrogen-bond acceptors (Lipinski definition) is 4. The molecule has 0 fully saturated rings. The molecule has 0 saturated heterocycles. The molecule has 5 heteroatoms. The maximum atomic E-state index is 12.3. The number of nitrogens with two attached hydrogens (primary N) is 1. The van der Waals surface area contributed by atoms with Crippen LogP contribution in [-0.4, -0.2) is 35.0 Å². The first-order valence-corrected chi connectivity index (χ1v) is 9.66. The van der Waals surface area contributed by atoms with Gasteiger partial charge in [-0.1, -0.05) is 60.2 Å². The molecule has 3 unspecified atom stereocenters. The summed E-state index contributed by atoms with van der Waals surface area (Å²) < 4.78 is 5.37. The van der Waals surface area contributed by atoms with Gasteiger partial charge in [0.1, 0.15) is 5.60 Å². The largest absolute Gasteiger partial charge is 0.444 e. The third kappa shape index (κ3) is 7.33. The molecule has 0 aliphatic carbocycles. The van der Waals surface area contributed by atoms with Crippen molar-refractivity contribution in [2.24, 2.45) is 5.73 Å². The molecule has 3 atom stereocenters. The summed E-state index contributed by atoms with van der Waals surface area (Å²) in [6, 6.07) is 16.7. The zero-order valence-corrected chi connectivity index (χ0v) is 17.2. The minimum Gasteiger partial charge on any atom is -0.444 e. The summed E-state index contributed by atoms with van der Waals surface area (Å²) in [5.41, 5.74) is 8.91. The lowest BCUT2D eigenvalue weighted by Crippen LogP contribution is -2.53. The van der Waals surface area contributed by atoms with Crippen LogP contribution in [0.25, 0.3) is 0 Å². The highest BCUT2D eigenvalue weighted by Crippen LogP contribution is 2.14. The Balaban J connectivity index is 2.11. The molecule has 5 nitrogen and oxygen atoms in total. The number of alkyl carbamates (subject to hydrolysis) is 1. The highest BCUT2D eigenvalue weighted by Gasteiger charge is 2.29. The van der Waals surface area contributed by atoms with E-state index in [-0.39, 0.29) is 0 Å². The molecule has 152 valence electrons. The first kappa shape index (κ1) is 21.9. The molecule has 0 heterocycles. The van der Waals surface area contributed by atoms with Gasteiger partial charge in [0.05, 0.1) is 12.1 Å². The molecule has 2 rings (SSSR count). The molecular weight excluding hydrogens is 352 g/mol. The first-order valence-electron chi connectivity index (χ1n) is 9.66. The average molecular weight is 385 g/mol. The lowest BCUT2D eigenvalue weighted by Gasteiger charge is -2.30. The Morgan fingerprint density at radius 3 is 2.18 bits per heavy atom. The predicted molar refractivity (Wildman–Crippen MR) is 112 cm³/mol. The third-order valence-corrected chi connectivity index (χ3v) is 4.44. The topological polar surface area (TPSA) is 84.6 Å². The lowest BCUT2D eigenvalue weighted by molar-refractivity contribution is 0.0392. The Kier molecular flexibility index (Phi) is 7.61. The monoisotopic (exact) mass is 384 g/mol. The fourth-order valence-electron chi connectivity index (χ4n) is 3.00. The standard InChI is InChI=1S/C23H32N2O3/c1-16-10-12-18(13-11-16)14-19(24)21(26)20(15-17-8-6-5-7-9-17)25-22(27)28-23(2,3)4/h5-13,19-21,26H,14-15,24H2,1-4H3,(H,25,27). The number of ether oxygens (including phenoxy) is 1. The van der Waals surface area contributed by atoms with Crippen molar-refractivity contribution < 1.29 is 14.6 Å². The smallest absolute Gasteiger partial charge is 0.407 e. The number of rotatable bonds is 7. The minimum atomic E-state index is -0.922. The molecule has 28 heavy (non-hydrogen) atoms. The maximum Gasteiger partial charge on any atom is 0.407 e. The van der Waals surface area contributed by atoms with E-state index in [1.54, 1.807) is 20.8 Å². The van der Waals surface area contributed by atoms with Gasteiger partial charge in [0.15, 0.2) is 0 Å². The predicted octanol–water partition coefficient (Wildman–Crippen LogP) is 3.36. The van der Waals surface area contributed by atoms with Gasteiger partial charge < -0.3 is 20.9 Å². The summed E-state index contributed by atoms with van der Waals surface area (Å²) >= 11 is 0. The van der Waals surface area contributed by atoms with Crippen LogP contribution in [0.15, 0.2) is 54.6 Å². The zero-order chi connectivity index (χ0) is 20.7. The Labute approximate surface area is 167 Å². The molecule has 0 aliphatic heterocycles. The summed E-state index contributed by atoms with van der Waals surface area (Å²) in [6.45, 7) is 7.44. The molecule has 0 saturated carbocycles. The van der Waals surface area contributed by atoms with Crippen LogP contribution in [0.4, 0.5) is 4.79 Å². The Hall–Kier alpha value is -2.37. The Morgan fingerprint density at radius 2 is 1.61 bits per heavy atom. The second kappa shape index (κ2) is 9.71. The van der Waals surface area contributed by atoms with E-state index in [4.69, 9.17) is 10.5 Å². The number of nitrogens with one attached hydrogen (secondary N) is 1. The van der Waals surface area contributed by atoms with Crippen molar-refractivity contribution in [3.05, 3.63) is 71.3 Å². The number of carbonyl (C=O) groups excluding carboxylic acids is 1. The quantitative estimate of drug-likeness (QED) is 0.683. The van der Waals surface area contributed by atoms with E-state index in [0.29, 0.717) is 12.8 Å². The van der Waals surface area contributed by atoms with E-state index in [1.165, 1.54) is 5.56 Å². The highest BCUT2D eigenvalue weighted by molar-refractivity contribution is 5.68. The van der Waals surface area contributed by atoms with Crippen LogP contribution < -0.4 is 11.1 Å².